The van der Waals surface area contributed by atoms with E-state index >= 15 is 0 Å². The number of benzene rings is 2. The average molecular weight is 257 g/mol. The zero-order valence-electron chi connectivity index (χ0n) is 10.7. The van der Waals surface area contributed by atoms with Gasteiger partial charge in [0, 0.05) is 7.05 Å². The van der Waals surface area contributed by atoms with Crippen molar-refractivity contribution >= 4 is 22.6 Å². The Kier molecular flexibility index (Phi) is 3.80. The maximum atomic E-state index is 12.0. The topological polar surface area (TPSA) is 57.6 Å². The molecule has 2 aromatic carbocycles. The third-order valence-electron chi connectivity index (χ3n) is 3.02. The third-order valence-corrected chi connectivity index (χ3v) is 3.02. The summed E-state index contributed by atoms with van der Waals surface area (Å²) in [7, 11) is 1.50. The van der Waals surface area contributed by atoms with Gasteiger partial charge in [0.05, 0.1) is 6.42 Å². The number of amides is 1. The molecule has 2 aromatic rings. The molecule has 0 aliphatic rings. The molecule has 4 nitrogen and oxygen atoms in total. The normalized spacial score (nSPS) is 10.4. The lowest BCUT2D eigenvalue weighted by molar-refractivity contribution is -0.143. The van der Waals surface area contributed by atoms with Gasteiger partial charge in [-0.1, -0.05) is 42.5 Å². The summed E-state index contributed by atoms with van der Waals surface area (Å²) >= 11 is 0. The van der Waals surface area contributed by atoms with Gasteiger partial charge >= 0.3 is 5.97 Å². The standard InChI is InChI=1S/C15H15NO3/c1-16(10-15(18)19)14(17)9-12-7-4-6-11-5-2-3-8-13(11)12/h2-8H,9-10H2,1H3,(H,18,19). The second-order valence-corrected chi connectivity index (χ2v) is 4.46. The average Bonchev–Trinajstić information content (AvgIpc) is 2.38. The quantitative estimate of drug-likeness (QED) is 0.910. The van der Waals surface area contributed by atoms with E-state index in [0.29, 0.717) is 0 Å². The molecule has 0 bridgehead atoms. The van der Waals surface area contributed by atoms with Crippen LogP contribution >= 0.6 is 0 Å². The summed E-state index contributed by atoms with van der Waals surface area (Å²) in [5.41, 5.74) is 0.917. The zero-order chi connectivity index (χ0) is 13.8. The third kappa shape index (κ3) is 3.10. The zero-order valence-corrected chi connectivity index (χ0v) is 10.7. The van der Waals surface area contributed by atoms with E-state index in [1.54, 1.807) is 0 Å². The van der Waals surface area contributed by atoms with Crippen LogP contribution in [0.3, 0.4) is 0 Å². The monoisotopic (exact) mass is 257 g/mol. The van der Waals surface area contributed by atoms with Crippen molar-refractivity contribution in [2.24, 2.45) is 0 Å². The molecule has 0 aromatic heterocycles. The number of likely N-dealkylation sites (N-methyl/N-ethyl adjacent to an activating group) is 1. The number of hydrogen-bond donors (Lipinski definition) is 1. The van der Waals surface area contributed by atoms with Crippen LogP contribution in [0.25, 0.3) is 10.8 Å². The van der Waals surface area contributed by atoms with E-state index in [-0.39, 0.29) is 18.9 Å². The Labute approximate surface area is 111 Å². The Hall–Kier alpha value is -2.36. The van der Waals surface area contributed by atoms with E-state index in [1.165, 1.54) is 11.9 Å². The maximum Gasteiger partial charge on any atom is 0.323 e. The number of fused-ring (bicyclic) bond motifs is 1. The van der Waals surface area contributed by atoms with E-state index in [4.69, 9.17) is 5.11 Å². The number of carboxylic acids is 1. The molecule has 0 saturated carbocycles. The lowest BCUT2D eigenvalue weighted by Gasteiger charge is -2.15. The first-order chi connectivity index (χ1) is 9.08. The van der Waals surface area contributed by atoms with Crippen LogP contribution in [0.15, 0.2) is 42.5 Å². The second-order valence-electron chi connectivity index (χ2n) is 4.46. The highest BCUT2D eigenvalue weighted by Crippen LogP contribution is 2.19. The second kappa shape index (κ2) is 5.52. The Balaban J connectivity index is 2.22. The van der Waals surface area contributed by atoms with Crippen LogP contribution in [0.1, 0.15) is 5.56 Å². The molecule has 1 amide bonds. The summed E-state index contributed by atoms with van der Waals surface area (Å²) in [5, 5.41) is 10.8. The lowest BCUT2D eigenvalue weighted by atomic mass is 10.0. The number of hydrogen-bond acceptors (Lipinski definition) is 2. The van der Waals surface area contributed by atoms with Crippen molar-refractivity contribution < 1.29 is 14.7 Å². The van der Waals surface area contributed by atoms with Crippen molar-refractivity contribution in [1.82, 2.24) is 4.90 Å². The summed E-state index contributed by atoms with van der Waals surface area (Å²) < 4.78 is 0. The van der Waals surface area contributed by atoms with Crippen LogP contribution in [-0.2, 0) is 16.0 Å². The molecule has 0 aliphatic carbocycles. The Morgan fingerprint density at radius 3 is 2.53 bits per heavy atom. The summed E-state index contributed by atoms with van der Waals surface area (Å²) in [6.07, 6.45) is 0.213. The molecule has 0 aliphatic heterocycles. The molecule has 0 radical (unpaired) electrons. The van der Waals surface area contributed by atoms with Gasteiger partial charge in [-0.2, -0.15) is 0 Å². The predicted octanol–water partition coefficient (Wildman–Crippen LogP) is 1.93. The molecule has 0 spiro atoms. The molecular formula is C15H15NO3. The Bertz CT molecular complexity index is 616. The smallest absolute Gasteiger partial charge is 0.323 e. The van der Waals surface area contributed by atoms with Crippen LogP contribution in [0.4, 0.5) is 0 Å². The van der Waals surface area contributed by atoms with Crippen molar-refractivity contribution in [2.75, 3.05) is 13.6 Å². The first kappa shape index (κ1) is 13.1. The fourth-order valence-electron chi connectivity index (χ4n) is 2.04. The minimum atomic E-state index is -1.01. The van der Waals surface area contributed by atoms with Gasteiger partial charge in [-0.25, -0.2) is 0 Å². The van der Waals surface area contributed by atoms with E-state index < -0.39 is 5.97 Å². The number of nitrogens with zero attached hydrogens (tertiary/aromatic N) is 1. The Morgan fingerprint density at radius 2 is 1.79 bits per heavy atom. The molecule has 19 heavy (non-hydrogen) atoms. The molecule has 4 heteroatoms. The van der Waals surface area contributed by atoms with Gasteiger partial charge in [0.25, 0.3) is 0 Å². The Morgan fingerprint density at radius 1 is 1.11 bits per heavy atom. The number of carboxylic acid groups (broad SMARTS) is 1. The van der Waals surface area contributed by atoms with Gasteiger partial charge in [0.15, 0.2) is 0 Å². The van der Waals surface area contributed by atoms with Gasteiger partial charge in [-0.05, 0) is 16.3 Å². The number of rotatable bonds is 4. The van der Waals surface area contributed by atoms with Crippen LogP contribution in [0, 0.1) is 0 Å². The fraction of sp³-hybridized carbons (Fsp3) is 0.200. The summed E-state index contributed by atoms with van der Waals surface area (Å²) in [6.45, 7) is -0.274. The highest BCUT2D eigenvalue weighted by atomic mass is 16.4. The minimum Gasteiger partial charge on any atom is -0.480 e. The SMILES string of the molecule is CN(CC(=O)O)C(=O)Cc1cccc2ccccc12. The molecule has 1 N–H and O–H groups in total. The van der Waals surface area contributed by atoms with Gasteiger partial charge in [-0.15, -0.1) is 0 Å². The number of aliphatic carboxylic acids is 1. The lowest BCUT2D eigenvalue weighted by Crippen LogP contribution is -2.33. The largest absolute Gasteiger partial charge is 0.480 e. The summed E-state index contributed by atoms with van der Waals surface area (Å²) in [4.78, 5) is 23.8. The first-order valence-corrected chi connectivity index (χ1v) is 6.00. The molecule has 2 rings (SSSR count). The van der Waals surface area contributed by atoms with Gasteiger partial charge in [-0.3, -0.25) is 9.59 Å². The highest BCUT2D eigenvalue weighted by Gasteiger charge is 2.13. The predicted molar refractivity (Wildman–Crippen MR) is 72.9 cm³/mol. The molecule has 0 saturated heterocycles. The van der Waals surface area contributed by atoms with Crippen molar-refractivity contribution in [2.45, 2.75) is 6.42 Å². The fourth-order valence-corrected chi connectivity index (χ4v) is 2.04. The van der Waals surface area contributed by atoms with Crippen LogP contribution in [0.2, 0.25) is 0 Å². The number of carbonyl (C=O) groups is 2. The van der Waals surface area contributed by atoms with Crippen LogP contribution < -0.4 is 0 Å². The van der Waals surface area contributed by atoms with Gasteiger partial charge in [0.1, 0.15) is 6.54 Å². The van der Waals surface area contributed by atoms with Crippen molar-refractivity contribution in [3.8, 4) is 0 Å². The van der Waals surface area contributed by atoms with E-state index in [0.717, 1.165) is 16.3 Å². The molecule has 98 valence electrons. The maximum absolute atomic E-state index is 12.0. The van der Waals surface area contributed by atoms with E-state index in [1.807, 2.05) is 42.5 Å². The van der Waals surface area contributed by atoms with Gasteiger partial charge < -0.3 is 10.0 Å². The van der Waals surface area contributed by atoms with Gasteiger partial charge in [0.2, 0.25) is 5.91 Å². The van der Waals surface area contributed by atoms with Crippen molar-refractivity contribution in [3.63, 3.8) is 0 Å². The number of carbonyl (C=O) groups excluding carboxylic acids is 1. The van der Waals surface area contributed by atoms with Crippen molar-refractivity contribution in [3.05, 3.63) is 48.0 Å². The van der Waals surface area contributed by atoms with E-state index in [9.17, 15) is 9.59 Å². The minimum absolute atomic E-state index is 0.196. The molecule has 0 fully saturated rings. The summed E-state index contributed by atoms with van der Waals surface area (Å²) in [5.74, 6) is -1.20. The first-order valence-electron chi connectivity index (χ1n) is 6.00. The molecule has 0 atom stereocenters. The highest BCUT2D eigenvalue weighted by molar-refractivity contribution is 5.90. The summed E-state index contributed by atoms with van der Waals surface area (Å²) in [6, 6.07) is 13.6. The van der Waals surface area contributed by atoms with Crippen molar-refractivity contribution in [1.29, 1.82) is 0 Å². The van der Waals surface area contributed by atoms with Crippen LogP contribution in [0.5, 0.6) is 0 Å². The van der Waals surface area contributed by atoms with Crippen LogP contribution in [-0.4, -0.2) is 35.5 Å². The molecule has 0 unspecified atom stereocenters. The molecule has 0 heterocycles. The molecular weight excluding hydrogens is 242 g/mol. The van der Waals surface area contributed by atoms with E-state index in [2.05, 4.69) is 0 Å².